The lowest BCUT2D eigenvalue weighted by Gasteiger charge is -2.45. The summed E-state index contributed by atoms with van der Waals surface area (Å²) in [5.74, 6) is 1.99. The molecule has 3 aliphatic heterocycles. The highest BCUT2D eigenvalue weighted by molar-refractivity contribution is 5.82. The van der Waals surface area contributed by atoms with Gasteiger partial charge in [-0.25, -0.2) is 0 Å². The summed E-state index contributed by atoms with van der Waals surface area (Å²) in [7, 11) is 1.66. The number of amides is 1. The van der Waals surface area contributed by atoms with E-state index in [0.29, 0.717) is 25.5 Å². The minimum Gasteiger partial charge on any atom is -0.493 e. The van der Waals surface area contributed by atoms with Crippen molar-refractivity contribution in [2.45, 2.75) is 43.1 Å². The van der Waals surface area contributed by atoms with Gasteiger partial charge in [0.05, 0.1) is 19.6 Å². The number of ether oxygens (including phenoxy) is 2. The minimum absolute atomic E-state index is 0.0590. The van der Waals surface area contributed by atoms with Crippen molar-refractivity contribution < 1.29 is 19.4 Å². The number of rotatable bonds is 5. The van der Waals surface area contributed by atoms with Crippen molar-refractivity contribution in [3.05, 3.63) is 59.7 Å². The molecule has 4 atom stereocenters. The first-order valence-electron chi connectivity index (χ1n) is 12.1. The van der Waals surface area contributed by atoms with Crippen molar-refractivity contribution in [2.24, 2.45) is 5.92 Å². The molecule has 0 aliphatic carbocycles. The Kier molecular flexibility index (Phi) is 6.30. The third-order valence-electron chi connectivity index (χ3n) is 8.02. The summed E-state index contributed by atoms with van der Waals surface area (Å²) < 4.78 is 11.6. The monoisotopic (exact) mass is 450 g/mol. The number of aliphatic hydroxyl groups is 1. The van der Waals surface area contributed by atoms with Gasteiger partial charge in [0.25, 0.3) is 0 Å². The molecular weight excluding hydrogens is 416 g/mol. The number of nitrogens with one attached hydrogen (secondary N) is 1. The van der Waals surface area contributed by atoms with Gasteiger partial charge in [-0.2, -0.15) is 0 Å². The third-order valence-corrected chi connectivity index (χ3v) is 8.02. The second-order valence-electron chi connectivity index (χ2n) is 9.60. The van der Waals surface area contributed by atoms with Gasteiger partial charge in [0.15, 0.2) is 11.5 Å². The Labute approximate surface area is 195 Å². The largest absolute Gasteiger partial charge is 0.493 e. The highest BCUT2D eigenvalue weighted by Crippen LogP contribution is 2.50. The molecule has 176 valence electrons. The van der Waals surface area contributed by atoms with Crippen LogP contribution in [0.2, 0.25) is 0 Å². The Morgan fingerprint density at radius 3 is 2.88 bits per heavy atom. The van der Waals surface area contributed by atoms with Crippen LogP contribution in [0.25, 0.3) is 0 Å². The zero-order chi connectivity index (χ0) is 22.8. The number of hydrogen-bond acceptors (Lipinski definition) is 5. The number of benzene rings is 2. The lowest BCUT2D eigenvalue weighted by molar-refractivity contribution is -0.141. The van der Waals surface area contributed by atoms with Crippen molar-refractivity contribution in [2.75, 3.05) is 40.0 Å². The molecule has 1 spiro atoms. The average molecular weight is 451 g/mol. The first-order valence-corrected chi connectivity index (χ1v) is 12.1. The van der Waals surface area contributed by atoms with Crippen molar-refractivity contribution in [1.82, 2.24) is 10.2 Å². The Hall–Kier alpha value is -2.57. The van der Waals surface area contributed by atoms with Gasteiger partial charge in [0.1, 0.15) is 0 Å². The lowest BCUT2D eigenvalue weighted by atomic mass is 9.68. The van der Waals surface area contributed by atoms with Crippen LogP contribution in [-0.4, -0.2) is 61.9 Å². The van der Waals surface area contributed by atoms with E-state index in [9.17, 15) is 9.90 Å². The van der Waals surface area contributed by atoms with Crippen LogP contribution in [0.3, 0.4) is 0 Å². The van der Waals surface area contributed by atoms with Gasteiger partial charge in [-0.3, -0.25) is 4.79 Å². The first-order chi connectivity index (χ1) is 16.2. The summed E-state index contributed by atoms with van der Waals surface area (Å²) in [6, 6.07) is 16.6. The predicted octanol–water partition coefficient (Wildman–Crippen LogP) is 3.09. The first kappa shape index (κ1) is 22.2. The van der Waals surface area contributed by atoms with Crippen LogP contribution in [-0.2, 0) is 10.2 Å². The van der Waals surface area contributed by atoms with Gasteiger partial charge in [-0.15, -0.1) is 0 Å². The number of piperidine rings is 1. The molecule has 0 aromatic heterocycles. The number of aliphatic hydroxyl groups excluding tert-OH is 1. The van der Waals surface area contributed by atoms with Crippen molar-refractivity contribution in [3.8, 4) is 11.5 Å². The van der Waals surface area contributed by atoms with E-state index >= 15 is 0 Å². The fourth-order valence-electron chi connectivity index (χ4n) is 6.31. The van der Waals surface area contributed by atoms with E-state index in [1.165, 1.54) is 5.56 Å². The van der Waals surface area contributed by atoms with Gasteiger partial charge in [0.2, 0.25) is 5.91 Å². The fourth-order valence-corrected chi connectivity index (χ4v) is 6.31. The topological polar surface area (TPSA) is 71.0 Å². The Morgan fingerprint density at radius 2 is 2.09 bits per heavy atom. The molecule has 2 saturated heterocycles. The maximum atomic E-state index is 14.1. The summed E-state index contributed by atoms with van der Waals surface area (Å²) in [6.07, 6.45) is 3.28. The van der Waals surface area contributed by atoms with E-state index in [2.05, 4.69) is 40.5 Å². The second-order valence-corrected chi connectivity index (χ2v) is 9.60. The zero-order valence-electron chi connectivity index (χ0n) is 19.3. The van der Waals surface area contributed by atoms with Crippen LogP contribution >= 0.6 is 0 Å². The molecule has 2 N–H and O–H groups in total. The third kappa shape index (κ3) is 3.89. The summed E-state index contributed by atoms with van der Waals surface area (Å²) >= 11 is 0. The molecule has 3 heterocycles. The number of nitrogens with zero attached hydrogens (tertiary/aromatic N) is 1. The maximum Gasteiger partial charge on any atom is 0.228 e. The van der Waals surface area contributed by atoms with Crippen molar-refractivity contribution >= 4 is 5.91 Å². The highest BCUT2D eigenvalue weighted by atomic mass is 16.5. The summed E-state index contributed by atoms with van der Waals surface area (Å²) in [5.41, 5.74) is 2.12. The normalized spacial score (nSPS) is 28.9. The molecular formula is C27H34N2O4. The summed E-state index contributed by atoms with van der Waals surface area (Å²) in [6.45, 7) is 2.84. The van der Waals surface area contributed by atoms with Gasteiger partial charge in [0, 0.05) is 43.3 Å². The van der Waals surface area contributed by atoms with Gasteiger partial charge >= 0.3 is 0 Å². The SMILES string of the molecule is COc1cccc2c1OCC[C@]21CNC[C@H]1C(=O)N1CC[C@@H](c2ccccc2)CC1CCO. The molecule has 1 amide bonds. The molecule has 2 fully saturated rings. The maximum absolute atomic E-state index is 14.1. The smallest absolute Gasteiger partial charge is 0.228 e. The van der Waals surface area contributed by atoms with Crippen LogP contribution in [0.1, 0.15) is 42.7 Å². The molecule has 3 aliphatic rings. The van der Waals surface area contributed by atoms with Crippen molar-refractivity contribution in [3.63, 3.8) is 0 Å². The number of carbonyl (C=O) groups excluding carboxylic acids is 1. The van der Waals surface area contributed by atoms with Gasteiger partial charge < -0.3 is 24.8 Å². The fraction of sp³-hybridized carbons (Fsp3) is 0.519. The van der Waals surface area contributed by atoms with Crippen LogP contribution in [0.5, 0.6) is 11.5 Å². The standard InChI is InChI=1S/C27H34N2O4/c1-32-24-9-5-8-22-25(24)33-15-12-27(22)18-28-17-23(27)26(31)29-13-10-20(16-21(29)11-14-30)19-6-3-2-4-7-19/h2-9,20-21,23,28,30H,10-18H2,1H3/t20-,21?,23+,27+/m1/s1. The van der Waals surface area contributed by atoms with E-state index < -0.39 is 0 Å². The number of carbonyl (C=O) groups is 1. The van der Waals surface area contributed by atoms with Gasteiger partial charge in [-0.05, 0) is 43.2 Å². The van der Waals surface area contributed by atoms with Gasteiger partial charge in [-0.1, -0.05) is 42.5 Å². The van der Waals surface area contributed by atoms with E-state index in [0.717, 1.165) is 49.4 Å². The van der Waals surface area contributed by atoms with E-state index in [-0.39, 0.29) is 29.9 Å². The molecule has 2 aromatic carbocycles. The average Bonchev–Trinajstić information content (AvgIpc) is 3.28. The Balaban J connectivity index is 1.42. The number of para-hydroxylation sites is 1. The van der Waals surface area contributed by atoms with E-state index in [1.807, 2.05) is 18.2 Å². The zero-order valence-corrected chi connectivity index (χ0v) is 19.3. The molecule has 0 saturated carbocycles. The summed E-state index contributed by atoms with van der Waals surface area (Å²) in [4.78, 5) is 16.2. The number of fused-ring (bicyclic) bond motifs is 2. The molecule has 33 heavy (non-hydrogen) atoms. The van der Waals surface area contributed by atoms with Crippen LogP contribution in [0, 0.1) is 5.92 Å². The summed E-state index contributed by atoms with van der Waals surface area (Å²) in [5, 5.41) is 13.3. The Morgan fingerprint density at radius 1 is 1.24 bits per heavy atom. The molecule has 6 nitrogen and oxygen atoms in total. The number of methoxy groups -OCH3 is 1. The molecule has 0 radical (unpaired) electrons. The van der Waals surface area contributed by atoms with Crippen LogP contribution in [0.4, 0.5) is 0 Å². The van der Waals surface area contributed by atoms with E-state index in [1.54, 1.807) is 7.11 Å². The number of likely N-dealkylation sites (tertiary alicyclic amines) is 1. The predicted molar refractivity (Wildman–Crippen MR) is 127 cm³/mol. The molecule has 2 aromatic rings. The minimum atomic E-state index is -0.292. The van der Waals surface area contributed by atoms with E-state index in [4.69, 9.17) is 9.47 Å². The second kappa shape index (κ2) is 9.35. The van der Waals surface area contributed by atoms with Crippen molar-refractivity contribution in [1.29, 1.82) is 0 Å². The highest BCUT2D eigenvalue weighted by Gasteiger charge is 2.53. The quantitative estimate of drug-likeness (QED) is 0.733. The Bertz CT molecular complexity index is 981. The van der Waals surface area contributed by atoms with Crippen LogP contribution < -0.4 is 14.8 Å². The molecule has 0 bridgehead atoms. The lowest BCUT2D eigenvalue weighted by Crippen LogP contribution is -2.53. The molecule has 5 rings (SSSR count). The van der Waals surface area contributed by atoms with Crippen LogP contribution in [0.15, 0.2) is 48.5 Å². The molecule has 6 heteroatoms. The number of hydrogen-bond donors (Lipinski definition) is 2. The molecule has 1 unspecified atom stereocenters.